The number of amides is 1. The van der Waals surface area contributed by atoms with Crippen LogP contribution in [0.15, 0.2) is 70.2 Å². The van der Waals surface area contributed by atoms with Crippen LogP contribution >= 0.6 is 0 Å². The van der Waals surface area contributed by atoms with Crippen molar-refractivity contribution in [1.82, 2.24) is 5.32 Å². The minimum Gasteiger partial charge on any atom is -0.495 e. The van der Waals surface area contributed by atoms with E-state index in [4.69, 9.17) is 14.3 Å². The maximum Gasteiger partial charge on any atom is 0.335 e. The van der Waals surface area contributed by atoms with Gasteiger partial charge in [0.25, 0.3) is 15.9 Å². The van der Waals surface area contributed by atoms with Gasteiger partial charge in [0, 0.05) is 0 Å². The molecule has 0 aliphatic carbocycles. The van der Waals surface area contributed by atoms with Gasteiger partial charge in [0.1, 0.15) is 16.4 Å². The van der Waals surface area contributed by atoms with Crippen LogP contribution in [0.5, 0.6) is 5.75 Å². The van der Waals surface area contributed by atoms with Crippen molar-refractivity contribution in [2.75, 3.05) is 11.8 Å². The number of para-hydroxylation sites is 1. The van der Waals surface area contributed by atoms with Crippen LogP contribution in [0.1, 0.15) is 26.5 Å². The maximum absolute atomic E-state index is 12.9. The molecule has 0 atom stereocenters. The normalized spacial score (nSPS) is 11.0. The summed E-state index contributed by atoms with van der Waals surface area (Å²) in [6.45, 7) is 0.126. The summed E-state index contributed by atoms with van der Waals surface area (Å²) in [5.74, 6) is -1.30. The van der Waals surface area contributed by atoms with Gasteiger partial charge in [0.05, 0.1) is 36.7 Å². The molecule has 0 unspecified atom stereocenters. The first-order valence-electron chi connectivity index (χ1n) is 8.65. The summed E-state index contributed by atoms with van der Waals surface area (Å²) in [4.78, 5) is 23.4. The first-order chi connectivity index (χ1) is 14.3. The standard InChI is InChI=1S/C20H18N2O7S/c1-28-17-9-8-13(20(24)25)11-18(17)30(26,27)22-16-7-3-2-6-15(16)19(23)21-12-14-5-4-10-29-14/h2-11,22H,12H2,1H3,(H,21,23)(H,24,25). The number of carbonyl (C=O) groups excluding carboxylic acids is 1. The van der Waals surface area contributed by atoms with Crippen molar-refractivity contribution in [2.45, 2.75) is 11.4 Å². The van der Waals surface area contributed by atoms with Gasteiger partial charge in [0.15, 0.2) is 0 Å². The lowest BCUT2D eigenvalue weighted by Gasteiger charge is -2.15. The number of carboxylic acid groups (broad SMARTS) is 1. The lowest BCUT2D eigenvalue weighted by atomic mass is 10.1. The highest BCUT2D eigenvalue weighted by Gasteiger charge is 2.24. The van der Waals surface area contributed by atoms with Gasteiger partial charge in [0.2, 0.25) is 0 Å². The van der Waals surface area contributed by atoms with Crippen molar-refractivity contribution in [3.05, 3.63) is 77.7 Å². The number of anilines is 1. The molecule has 2 aromatic carbocycles. The number of methoxy groups -OCH3 is 1. The van der Waals surface area contributed by atoms with E-state index in [1.54, 1.807) is 24.3 Å². The van der Waals surface area contributed by atoms with Crippen LogP contribution in [0.4, 0.5) is 5.69 Å². The number of hydrogen-bond acceptors (Lipinski definition) is 6. The molecule has 3 N–H and O–H groups in total. The van der Waals surface area contributed by atoms with E-state index in [0.29, 0.717) is 5.76 Å². The van der Waals surface area contributed by atoms with Crippen molar-refractivity contribution < 1.29 is 32.3 Å². The zero-order valence-corrected chi connectivity index (χ0v) is 16.6. The van der Waals surface area contributed by atoms with Gasteiger partial charge in [-0.25, -0.2) is 13.2 Å². The number of furan rings is 1. The molecule has 1 aromatic heterocycles. The van der Waals surface area contributed by atoms with Crippen LogP contribution in [-0.2, 0) is 16.6 Å². The third-order valence-electron chi connectivity index (χ3n) is 4.12. The summed E-state index contributed by atoms with van der Waals surface area (Å²) in [5.41, 5.74) is -0.112. The molecule has 0 radical (unpaired) electrons. The molecule has 30 heavy (non-hydrogen) atoms. The smallest absolute Gasteiger partial charge is 0.335 e. The Morgan fingerprint density at radius 1 is 1.10 bits per heavy atom. The summed E-state index contributed by atoms with van der Waals surface area (Å²) in [6, 6.07) is 12.9. The Kier molecular flexibility index (Phi) is 6.07. The lowest BCUT2D eigenvalue weighted by molar-refractivity contribution is 0.0696. The summed E-state index contributed by atoms with van der Waals surface area (Å²) in [6.07, 6.45) is 1.47. The Bertz CT molecular complexity index is 1170. The molecule has 0 aliphatic heterocycles. The Balaban J connectivity index is 1.90. The molecule has 1 heterocycles. The van der Waals surface area contributed by atoms with Gasteiger partial charge in [-0.3, -0.25) is 9.52 Å². The number of hydrogen-bond donors (Lipinski definition) is 3. The number of benzene rings is 2. The minimum atomic E-state index is -4.26. The molecule has 0 saturated heterocycles. The second-order valence-corrected chi connectivity index (χ2v) is 7.73. The number of rotatable bonds is 8. The van der Waals surface area contributed by atoms with Crippen LogP contribution in [-0.4, -0.2) is 32.5 Å². The van der Waals surface area contributed by atoms with Gasteiger partial charge >= 0.3 is 5.97 Å². The third kappa shape index (κ3) is 4.61. The Morgan fingerprint density at radius 2 is 1.87 bits per heavy atom. The summed E-state index contributed by atoms with van der Waals surface area (Å²) >= 11 is 0. The van der Waals surface area contributed by atoms with E-state index >= 15 is 0 Å². The van der Waals surface area contributed by atoms with Crippen molar-refractivity contribution >= 4 is 27.6 Å². The second-order valence-electron chi connectivity index (χ2n) is 6.08. The molecule has 3 rings (SSSR count). The van der Waals surface area contributed by atoms with E-state index in [9.17, 15) is 18.0 Å². The van der Waals surface area contributed by atoms with Crippen LogP contribution in [0, 0.1) is 0 Å². The van der Waals surface area contributed by atoms with Crippen molar-refractivity contribution in [2.24, 2.45) is 0 Å². The highest BCUT2D eigenvalue weighted by molar-refractivity contribution is 7.92. The monoisotopic (exact) mass is 430 g/mol. The molecule has 0 aliphatic rings. The van der Waals surface area contributed by atoms with Crippen LogP contribution in [0.3, 0.4) is 0 Å². The molecular formula is C20H18N2O7S. The predicted octanol–water partition coefficient (Wildman–Crippen LogP) is 2.72. The van der Waals surface area contributed by atoms with E-state index in [-0.39, 0.29) is 34.0 Å². The Hall–Kier alpha value is -3.79. The van der Waals surface area contributed by atoms with E-state index < -0.39 is 21.9 Å². The lowest BCUT2D eigenvalue weighted by Crippen LogP contribution is -2.25. The number of nitrogens with one attached hydrogen (secondary N) is 2. The van der Waals surface area contributed by atoms with Crippen molar-refractivity contribution in [1.29, 1.82) is 0 Å². The first kappa shape index (κ1) is 20.9. The van der Waals surface area contributed by atoms with Gasteiger partial charge in [-0.15, -0.1) is 0 Å². The van der Waals surface area contributed by atoms with Gasteiger partial charge in [-0.1, -0.05) is 12.1 Å². The number of ether oxygens (including phenoxy) is 1. The number of sulfonamides is 1. The van der Waals surface area contributed by atoms with Crippen LogP contribution < -0.4 is 14.8 Å². The van der Waals surface area contributed by atoms with Crippen molar-refractivity contribution in [3.63, 3.8) is 0 Å². The van der Waals surface area contributed by atoms with E-state index in [2.05, 4.69) is 10.0 Å². The van der Waals surface area contributed by atoms with Gasteiger partial charge < -0.3 is 19.6 Å². The molecule has 1 amide bonds. The molecule has 0 saturated carbocycles. The van der Waals surface area contributed by atoms with Crippen LogP contribution in [0.25, 0.3) is 0 Å². The minimum absolute atomic E-state index is 0.0252. The average molecular weight is 430 g/mol. The predicted molar refractivity (Wildman–Crippen MR) is 107 cm³/mol. The molecule has 0 fully saturated rings. The number of carboxylic acids is 1. The topological polar surface area (TPSA) is 135 Å². The second kappa shape index (κ2) is 8.70. The molecule has 3 aromatic rings. The van der Waals surface area contributed by atoms with E-state index in [0.717, 1.165) is 6.07 Å². The fourth-order valence-electron chi connectivity index (χ4n) is 2.67. The Morgan fingerprint density at radius 3 is 2.53 bits per heavy atom. The maximum atomic E-state index is 12.9. The van der Waals surface area contributed by atoms with E-state index in [1.807, 2.05) is 0 Å². The molecule has 10 heteroatoms. The van der Waals surface area contributed by atoms with E-state index in [1.165, 1.54) is 37.6 Å². The summed E-state index contributed by atoms with van der Waals surface area (Å²) in [5, 5.41) is 11.8. The van der Waals surface area contributed by atoms with Gasteiger partial charge in [-0.2, -0.15) is 0 Å². The fraction of sp³-hybridized carbons (Fsp3) is 0.100. The summed E-state index contributed by atoms with van der Waals surface area (Å²) in [7, 11) is -2.99. The number of carbonyl (C=O) groups is 2. The fourth-order valence-corrected chi connectivity index (χ4v) is 3.94. The average Bonchev–Trinajstić information content (AvgIpc) is 3.25. The molecule has 9 nitrogen and oxygen atoms in total. The highest BCUT2D eigenvalue weighted by Crippen LogP contribution is 2.28. The van der Waals surface area contributed by atoms with Gasteiger partial charge in [-0.05, 0) is 42.5 Å². The zero-order chi connectivity index (χ0) is 21.7. The number of aromatic carboxylic acids is 1. The van der Waals surface area contributed by atoms with Crippen molar-refractivity contribution in [3.8, 4) is 5.75 Å². The molecule has 156 valence electrons. The van der Waals surface area contributed by atoms with Crippen LogP contribution in [0.2, 0.25) is 0 Å². The quantitative estimate of drug-likeness (QED) is 0.500. The Labute approximate surface area is 172 Å². The molecule has 0 spiro atoms. The SMILES string of the molecule is COc1ccc(C(=O)O)cc1S(=O)(=O)Nc1ccccc1C(=O)NCc1ccco1. The molecule has 0 bridgehead atoms. The summed E-state index contributed by atoms with van der Waals surface area (Å²) < 4.78 is 38.4. The largest absolute Gasteiger partial charge is 0.495 e. The highest BCUT2D eigenvalue weighted by atomic mass is 32.2. The zero-order valence-electron chi connectivity index (χ0n) is 15.8. The third-order valence-corrected chi connectivity index (χ3v) is 5.51. The molecular weight excluding hydrogens is 412 g/mol. The first-order valence-corrected chi connectivity index (χ1v) is 10.1.